The van der Waals surface area contributed by atoms with Gasteiger partial charge in [0.1, 0.15) is 11.0 Å². The topological polar surface area (TPSA) is 56.0 Å². The number of hydrogen-bond donors (Lipinski definition) is 0. The van der Waals surface area contributed by atoms with Crippen LogP contribution < -0.4 is 10.5 Å². The number of rotatable bonds is 3. The van der Waals surface area contributed by atoms with Gasteiger partial charge in [-0.2, -0.15) is 0 Å². The van der Waals surface area contributed by atoms with Gasteiger partial charge in [0.05, 0.1) is 22.2 Å². The van der Waals surface area contributed by atoms with Gasteiger partial charge < -0.3 is 9.47 Å². The zero-order valence-corrected chi connectivity index (χ0v) is 18.2. The SMILES string of the molecule is CN(C)c1nc2ccc(-n3cnc4cc(-c5ccc(Cl)cc5)sc4c3=O)cc2n1C. The first-order valence-corrected chi connectivity index (χ1v) is 10.5. The van der Waals surface area contributed by atoms with E-state index in [1.54, 1.807) is 10.9 Å². The lowest BCUT2D eigenvalue weighted by Crippen LogP contribution is -2.17. The van der Waals surface area contributed by atoms with Gasteiger partial charge in [0.25, 0.3) is 5.56 Å². The highest BCUT2D eigenvalue weighted by Crippen LogP contribution is 2.32. The van der Waals surface area contributed by atoms with E-state index in [0.29, 0.717) is 15.2 Å². The minimum Gasteiger partial charge on any atom is -0.348 e. The Bertz CT molecular complexity index is 1460. The molecule has 5 aromatic rings. The van der Waals surface area contributed by atoms with Crippen molar-refractivity contribution in [1.82, 2.24) is 19.1 Å². The number of nitrogens with zero attached hydrogens (tertiary/aromatic N) is 5. The van der Waals surface area contributed by atoms with E-state index in [1.165, 1.54) is 11.3 Å². The molecule has 0 aliphatic rings. The average Bonchev–Trinajstić information content (AvgIpc) is 3.31. The first-order valence-electron chi connectivity index (χ1n) is 9.33. The molecule has 0 fully saturated rings. The number of halogens is 1. The molecule has 150 valence electrons. The minimum atomic E-state index is -0.0837. The van der Waals surface area contributed by atoms with Crippen LogP contribution in [0.4, 0.5) is 5.95 Å². The fraction of sp³-hybridized carbons (Fsp3) is 0.136. The predicted octanol–water partition coefficient (Wildman–Crippen LogP) is 4.72. The molecule has 5 rings (SSSR count). The maximum Gasteiger partial charge on any atom is 0.275 e. The summed E-state index contributed by atoms with van der Waals surface area (Å²) >= 11 is 7.44. The zero-order valence-electron chi connectivity index (χ0n) is 16.6. The van der Waals surface area contributed by atoms with Crippen molar-refractivity contribution < 1.29 is 0 Å². The standard InChI is InChI=1S/C22H18ClN5OS/c1-26(2)22-25-16-9-8-15(10-18(16)27(22)3)28-12-24-17-11-19(30-20(17)21(28)29)13-4-6-14(23)7-5-13/h4-12H,1-3H3. The molecule has 0 saturated carbocycles. The van der Waals surface area contributed by atoms with E-state index in [0.717, 1.165) is 33.1 Å². The summed E-state index contributed by atoms with van der Waals surface area (Å²) in [6, 6.07) is 15.3. The first kappa shape index (κ1) is 18.8. The van der Waals surface area contributed by atoms with E-state index < -0.39 is 0 Å². The lowest BCUT2D eigenvalue weighted by molar-refractivity contribution is 0.888. The summed E-state index contributed by atoms with van der Waals surface area (Å²) in [6.45, 7) is 0. The third kappa shape index (κ3) is 2.98. The fourth-order valence-corrected chi connectivity index (χ4v) is 4.74. The molecule has 0 amide bonds. The molecular weight excluding hydrogens is 418 g/mol. The Morgan fingerprint density at radius 3 is 2.53 bits per heavy atom. The van der Waals surface area contributed by atoms with Crippen molar-refractivity contribution in [3.05, 3.63) is 70.2 Å². The minimum absolute atomic E-state index is 0.0837. The van der Waals surface area contributed by atoms with E-state index in [2.05, 4.69) is 9.97 Å². The number of imidazole rings is 1. The van der Waals surface area contributed by atoms with Crippen LogP contribution in [0.3, 0.4) is 0 Å². The van der Waals surface area contributed by atoms with E-state index in [1.807, 2.05) is 79.1 Å². The van der Waals surface area contributed by atoms with Crippen LogP contribution in [0.2, 0.25) is 5.02 Å². The lowest BCUT2D eigenvalue weighted by atomic mass is 10.2. The number of anilines is 1. The van der Waals surface area contributed by atoms with Crippen LogP contribution in [0.1, 0.15) is 0 Å². The Labute approximate surface area is 181 Å². The molecule has 0 atom stereocenters. The molecule has 0 bridgehead atoms. The molecule has 0 spiro atoms. The molecule has 0 unspecified atom stereocenters. The molecule has 3 heterocycles. The summed E-state index contributed by atoms with van der Waals surface area (Å²) in [5.74, 6) is 0.855. The number of thiophene rings is 1. The summed E-state index contributed by atoms with van der Waals surface area (Å²) in [7, 11) is 5.88. The second-order valence-electron chi connectivity index (χ2n) is 7.29. The lowest BCUT2D eigenvalue weighted by Gasteiger charge is -2.11. The van der Waals surface area contributed by atoms with Crippen molar-refractivity contribution in [3.8, 4) is 16.1 Å². The van der Waals surface area contributed by atoms with Crippen molar-refractivity contribution in [2.75, 3.05) is 19.0 Å². The molecular formula is C22H18ClN5OS. The van der Waals surface area contributed by atoms with Crippen LogP contribution in [-0.4, -0.2) is 33.2 Å². The van der Waals surface area contributed by atoms with Gasteiger partial charge in [0.15, 0.2) is 0 Å². The van der Waals surface area contributed by atoms with E-state index in [-0.39, 0.29) is 5.56 Å². The van der Waals surface area contributed by atoms with Gasteiger partial charge in [-0.15, -0.1) is 11.3 Å². The quantitative estimate of drug-likeness (QED) is 0.411. The molecule has 3 aromatic heterocycles. The smallest absolute Gasteiger partial charge is 0.275 e. The predicted molar refractivity (Wildman–Crippen MR) is 124 cm³/mol. The van der Waals surface area contributed by atoms with Gasteiger partial charge in [0, 0.05) is 31.0 Å². The third-order valence-electron chi connectivity index (χ3n) is 5.09. The Morgan fingerprint density at radius 2 is 1.80 bits per heavy atom. The number of aryl methyl sites for hydroxylation is 1. The Balaban J connectivity index is 1.64. The van der Waals surface area contributed by atoms with Crippen LogP contribution in [0.25, 0.3) is 37.4 Å². The normalized spacial score (nSPS) is 11.5. The summed E-state index contributed by atoms with van der Waals surface area (Å²) in [6.07, 6.45) is 1.59. The van der Waals surface area contributed by atoms with Gasteiger partial charge in [0.2, 0.25) is 5.95 Å². The highest BCUT2D eigenvalue weighted by atomic mass is 35.5. The van der Waals surface area contributed by atoms with Crippen molar-refractivity contribution in [3.63, 3.8) is 0 Å². The van der Waals surface area contributed by atoms with E-state index in [9.17, 15) is 4.79 Å². The molecule has 0 radical (unpaired) electrons. The maximum absolute atomic E-state index is 13.2. The highest BCUT2D eigenvalue weighted by molar-refractivity contribution is 7.22. The van der Waals surface area contributed by atoms with E-state index >= 15 is 0 Å². The van der Waals surface area contributed by atoms with Gasteiger partial charge in [-0.05, 0) is 42.0 Å². The maximum atomic E-state index is 13.2. The number of fused-ring (bicyclic) bond motifs is 2. The number of hydrogen-bond acceptors (Lipinski definition) is 5. The molecule has 0 aliphatic heterocycles. The van der Waals surface area contributed by atoms with Gasteiger partial charge >= 0.3 is 0 Å². The third-order valence-corrected chi connectivity index (χ3v) is 6.50. The van der Waals surface area contributed by atoms with Crippen molar-refractivity contribution >= 4 is 50.1 Å². The molecule has 6 nitrogen and oxygen atoms in total. The summed E-state index contributed by atoms with van der Waals surface area (Å²) in [4.78, 5) is 25.4. The zero-order chi connectivity index (χ0) is 21.0. The highest BCUT2D eigenvalue weighted by Gasteiger charge is 2.14. The largest absolute Gasteiger partial charge is 0.348 e. The number of aromatic nitrogens is 4. The van der Waals surface area contributed by atoms with Crippen LogP contribution in [0.5, 0.6) is 0 Å². The van der Waals surface area contributed by atoms with Gasteiger partial charge in [-0.25, -0.2) is 9.97 Å². The monoisotopic (exact) mass is 435 g/mol. The fourth-order valence-electron chi connectivity index (χ4n) is 3.57. The van der Waals surface area contributed by atoms with E-state index in [4.69, 9.17) is 11.6 Å². The van der Waals surface area contributed by atoms with Crippen molar-refractivity contribution in [1.29, 1.82) is 0 Å². The molecule has 30 heavy (non-hydrogen) atoms. The van der Waals surface area contributed by atoms with Crippen LogP contribution in [-0.2, 0) is 7.05 Å². The molecule has 0 saturated heterocycles. The Hall–Kier alpha value is -3.16. The van der Waals surface area contributed by atoms with Crippen LogP contribution in [0, 0.1) is 0 Å². The van der Waals surface area contributed by atoms with Crippen LogP contribution in [0.15, 0.2) is 59.7 Å². The molecule has 0 N–H and O–H groups in total. The van der Waals surface area contributed by atoms with Crippen LogP contribution >= 0.6 is 22.9 Å². The molecule has 8 heteroatoms. The van der Waals surface area contributed by atoms with Gasteiger partial charge in [-0.1, -0.05) is 23.7 Å². The molecule has 0 aliphatic carbocycles. The molecule has 2 aromatic carbocycles. The summed E-state index contributed by atoms with van der Waals surface area (Å²) in [5, 5.41) is 0.684. The average molecular weight is 436 g/mol. The first-order chi connectivity index (χ1) is 14.4. The second kappa shape index (κ2) is 6.97. The second-order valence-corrected chi connectivity index (χ2v) is 8.78. The van der Waals surface area contributed by atoms with Crippen molar-refractivity contribution in [2.24, 2.45) is 7.05 Å². The summed E-state index contributed by atoms with van der Waals surface area (Å²) in [5.41, 5.74) is 4.23. The van der Waals surface area contributed by atoms with Crippen molar-refractivity contribution in [2.45, 2.75) is 0 Å². The summed E-state index contributed by atoms with van der Waals surface area (Å²) < 4.78 is 4.23. The Morgan fingerprint density at radius 1 is 1.03 bits per heavy atom. The van der Waals surface area contributed by atoms with Gasteiger partial charge in [-0.3, -0.25) is 9.36 Å². The number of benzene rings is 2. The Kier molecular flexibility index (Phi) is 4.38.